The predicted octanol–water partition coefficient (Wildman–Crippen LogP) is 3.50. The van der Waals surface area contributed by atoms with Crippen molar-refractivity contribution in [1.29, 1.82) is 0 Å². The topological polar surface area (TPSA) is 224 Å². The first-order valence-electron chi connectivity index (χ1n) is 23.1. The van der Waals surface area contributed by atoms with Crippen LogP contribution < -0.4 is 46.3 Å². The van der Waals surface area contributed by atoms with Gasteiger partial charge in [0.1, 0.15) is 24.6 Å². The number of hydrogen-bond donors (Lipinski definition) is 6. The lowest BCUT2D eigenvalue weighted by Crippen LogP contribution is -2.37. The van der Waals surface area contributed by atoms with Crippen molar-refractivity contribution in [3.8, 4) is 22.6 Å². The number of benzene rings is 2. The van der Waals surface area contributed by atoms with Crippen LogP contribution in [-0.2, 0) is 48.9 Å². The van der Waals surface area contributed by atoms with Crippen LogP contribution in [0.15, 0.2) is 42.7 Å². The van der Waals surface area contributed by atoms with Crippen LogP contribution in [0.3, 0.4) is 0 Å². The minimum Gasteiger partial charge on any atom is -0.483 e. The summed E-state index contributed by atoms with van der Waals surface area (Å²) in [5.74, 6) is 2.98. The Morgan fingerprint density at radius 1 is 0.758 bits per heavy atom. The van der Waals surface area contributed by atoms with E-state index in [-0.39, 0.29) is 61.3 Å². The van der Waals surface area contributed by atoms with E-state index in [0.717, 1.165) is 66.7 Å². The summed E-state index contributed by atoms with van der Waals surface area (Å²) in [4.78, 5) is 50.8. The van der Waals surface area contributed by atoms with Gasteiger partial charge in [0, 0.05) is 72.8 Å². The van der Waals surface area contributed by atoms with E-state index in [2.05, 4.69) is 95.7 Å². The molecular formula is C45H59N13O6S2. The molecule has 9 rings (SSSR count). The molecule has 7 heterocycles. The summed E-state index contributed by atoms with van der Waals surface area (Å²) in [6.07, 6.45) is 9.81. The molecule has 0 saturated carbocycles. The molecule has 4 aromatic rings. The number of aryl methyl sites for hydroxylation is 1. The zero-order valence-corrected chi connectivity index (χ0v) is 39.1. The highest BCUT2D eigenvalue weighted by atomic mass is 32.2. The molecule has 0 aliphatic carbocycles. The highest BCUT2D eigenvalue weighted by molar-refractivity contribution is 8.00. The van der Waals surface area contributed by atoms with E-state index in [0.29, 0.717) is 79.0 Å². The Morgan fingerprint density at radius 3 is 1.94 bits per heavy atom. The van der Waals surface area contributed by atoms with Gasteiger partial charge >= 0.3 is 12.1 Å². The molecule has 6 N–H and O–H groups in total. The number of anilines is 1. The summed E-state index contributed by atoms with van der Waals surface area (Å²) in [6.45, 7) is 4.98. The third-order valence-electron chi connectivity index (χ3n) is 12.9. The summed E-state index contributed by atoms with van der Waals surface area (Å²) < 4.78 is 16.3. The molecule has 19 nitrogen and oxygen atoms in total. The van der Waals surface area contributed by atoms with Crippen LogP contribution in [0.4, 0.5) is 15.3 Å². The molecule has 0 bridgehead atoms. The molecule has 66 heavy (non-hydrogen) atoms. The fourth-order valence-corrected chi connectivity index (χ4v) is 12.7. The maximum atomic E-state index is 12.6. The van der Waals surface area contributed by atoms with Crippen LogP contribution in [0.1, 0.15) is 74.4 Å². The Hall–Kier alpha value is -5.70. The number of ether oxygens (including phenoxy) is 2. The van der Waals surface area contributed by atoms with E-state index in [1.54, 1.807) is 9.36 Å². The number of fused-ring (bicyclic) bond motifs is 5. The second-order valence-electron chi connectivity index (χ2n) is 17.6. The molecule has 5 aliphatic heterocycles. The van der Waals surface area contributed by atoms with Crippen molar-refractivity contribution in [2.45, 2.75) is 126 Å². The number of para-hydroxylation sites is 1. The van der Waals surface area contributed by atoms with Crippen LogP contribution >= 0.6 is 23.5 Å². The standard InChI is InChI=1S/C45H59N13O6S2/c1-3-27-8-6-9-31-32-19-36(64-24-30-22-57(55-53-30)16-14-46-39(59)12-5-4-10-37-41-33(25-65-37)48-44(61)50-41)35(18-28(32)20-56(2)43(27)31)63-23-29-21-58(54-52-29)17-15-47-40(60)13-7-11-38-42-34(26-66-38)49-45(62)51-42/h6,8-9,18-19,21-22,33-34,37-38,41-42H,3-5,7,10-17,20,23-26H2,1-2H3,(H,46,59)(H,47,60)(H2,48,50,61)(H2,49,51,62)/t33-,34-,37-,38-,41-,42-/m0/s1. The summed E-state index contributed by atoms with van der Waals surface area (Å²) in [5, 5.41) is 35.9. The number of unbranched alkanes of at least 4 members (excludes halogenated alkanes) is 1. The van der Waals surface area contributed by atoms with Crippen LogP contribution in [0.2, 0.25) is 0 Å². The first-order valence-corrected chi connectivity index (χ1v) is 25.2. The van der Waals surface area contributed by atoms with Gasteiger partial charge in [0.2, 0.25) is 11.8 Å². The van der Waals surface area contributed by atoms with Crippen molar-refractivity contribution >= 4 is 53.1 Å². The molecule has 4 saturated heterocycles. The van der Waals surface area contributed by atoms with E-state index < -0.39 is 0 Å². The first-order chi connectivity index (χ1) is 32.2. The molecule has 5 aliphatic rings. The highest BCUT2D eigenvalue weighted by Crippen LogP contribution is 2.45. The molecular weight excluding hydrogens is 883 g/mol. The molecule has 2 aromatic carbocycles. The zero-order chi connectivity index (χ0) is 45.6. The van der Waals surface area contributed by atoms with Gasteiger partial charge in [0.25, 0.3) is 0 Å². The first kappa shape index (κ1) is 45.5. The van der Waals surface area contributed by atoms with E-state index >= 15 is 0 Å². The molecule has 352 valence electrons. The Bertz CT molecular complexity index is 2400. The van der Waals surface area contributed by atoms with Crippen LogP contribution in [0.25, 0.3) is 11.1 Å². The number of carbonyl (C=O) groups is 4. The lowest BCUT2D eigenvalue weighted by Gasteiger charge is -2.32. The third kappa shape index (κ3) is 10.8. The molecule has 6 amide bonds. The number of nitrogens with one attached hydrogen (secondary N) is 6. The lowest BCUT2D eigenvalue weighted by atomic mass is 9.90. The molecule has 2 aromatic heterocycles. The van der Waals surface area contributed by atoms with Crippen LogP contribution in [0, 0.1) is 0 Å². The third-order valence-corrected chi connectivity index (χ3v) is 15.9. The maximum absolute atomic E-state index is 12.6. The number of urea groups is 2. The van der Waals surface area contributed by atoms with Gasteiger partial charge in [0.05, 0.1) is 49.7 Å². The minimum absolute atomic E-state index is 0.00642. The number of amides is 6. The van der Waals surface area contributed by atoms with E-state index in [4.69, 9.17) is 9.47 Å². The number of rotatable bonds is 22. The van der Waals surface area contributed by atoms with Crippen molar-refractivity contribution in [3.63, 3.8) is 0 Å². The van der Waals surface area contributed by atoms with Gasteiger partial charge in [-0.3, -0.25) is 19.0 Å². The second kappa shape index (κ2) is 20.9. The Labute approximate surface area is 392 Å². The van der Waals surface area contributed by atoms with Crippen molar-refractivity contribution in [1.82, 2.24) is 61.9 Å². The SMILES string of the molecule is CCc1cccc2c1N(C)Cc1cc(OCc3cn(CCNC(=O)CCC[C@@H]4SC[C@@H]5NC(=O)N[C@@H]54)nn3)c(OCc3cn(CCNC(=O)CCCC[C@@H]4SC[C@@H]5NC(=O)N[C@@H]54)nn3)cc1-2. The highest BCUT2D eigenvalue weighted by Gasteiger charge is 2.43. The van der Waals surface area contributed by atoms with Crippen molar-refractivity contribution in [3.05, 3.63) is 65.2 Å². The lowest BCUT2D eigenvalue weighted by molar-refractivity contribution is -0.122. The van der Waals surface area contributed by atoms with Gasteiger partial charge in [0.15, 0.2) is 11.5 Å². The van der Waals surface area contributed by atoms with Crippen LogP contribution in [0.5, 0.6) is 11.5 Å². The molecule has 0 spiro atoms. The summed E-state index contributed by atoms with van der Waals surface area (Å²) in [7, 11) is 2.11. The fraction of sp³-hybridized carbons (Fsp3) is 0.556. The molecule has 21 heteroatoms. The van der Waals surface area contributed by atoms with Crippen molar-refractivity contribution < 1.29 is 28.7 Å². The average molecular weight is 942 g/mol. The van der Waals surface area contributed by atoms with Crippen LogP contribution in [-0.4, -0.2) is 120 Å². The Kier molecular flexibility index (Phi) is 14.4. The van der Waals surface area contributed by atoms with Gasteiger partial charge in [-0.25, -0.2) is 9.59 Å². The number of thioether (sulfide) groups is 2. The van der Waals surface area contributed by atoms with Crippen molar-refractivity contribution in [2.24, 2.45) is 0 Å². The van der Waals surface area contributed by atoms with E-state index in [1.165, 1.54) is 11.3 Å². The summed E-state index contributed by atoms with van der Waals surface area (Å²) in [6, 6.07) is 11.1. The van der Waals surface area contributed by atoms with Gasteiger partial charge in [-0.05, 0) is 60.9 Å². The number of aromatic nitrogens is 6. The zero-order valence-electron chi connectivity index (χ0n) is 37.4. The smallest absolute Gasteiger partial charge is 0.315 e. The van der Waals surface area contributed by atoms with Gasteiger partial charge in [-0.1, -0.05) is 42.0 Å². The summed E-state index contributed by atoms with van der Waals surface area (Å²) in [5.41, 5.74) is 7.11. The monoisotopic (exact) mass is 941 g/mol. The quantitative estimate of drug-likeness (QED) is 0.0491. The molecule has 0 radical (unpaired) electrons. The Morgan fingerprint density at radius 2 is 1.33 bits per heavy atom. The average Bonchev–Trinajstić information content (AvgIpc) is 4.18. The molecule has 4 fully saturated rings. The maximum Gasteiger partial charge on any atom is 0.315 e. The molecule has 6 atom stereocenters. The number of carbonyl (C=O) groups excluding carboxylic acids is 4. The van der Waals surface area contributed by atoms with E-state index in [9.17, 15) is 19.2 Å². The normalized spacial score (nSPS) is 22.4. The minimum atomic E-state index is -0.0962. The Balaban J connectivity index is 0.754. The van der Waals surface area contributed by atoms with Gasteiger partial charge in [-0.2, -0.15) is 23.5 Å². The molecule has 0 unspecified atom stereocenters. The van der Waals surface area contributed by atoms with Gasteiger partial charge in [-0.15, -0.1) is 10.2 Å². The van der Waals surface area contributed by atoms with E-state index in [1.807, 2.05) is 42.0 Å². The fourth-order valence-electron chi connectivity index (χ4n) is 9.60. The predicted molar refractivity (Wildman–Crippen MR) is 251 cm³/mol. The number of nitrogens with zero attached hydrogens (tertiary/aromatic N) is 7. The second-order valence-corrected chi connectivity index (χ2v) is 20.1. The number of hydrogen-bond acceptors (Lipinski definition) is 13. The van der Waals surface area contributed by atoms with Crippen molar-refractivity contribution in [2.75, 3.05) is 36.5 Å². The van der Waals surface area contributed by atoms with Gasteiger partial charge < -0.3 is 46.3 Å². The largest absolute Gasteiger partial charge is 0.483 e. The summed E-state index contributed by atoms with van der Waals surface area (Å²) >= 11 is 3.75.